The van der Waals surface area contributed by atoms with Crippen LogP contribution in [0.25, 0.3) is 0 Å². The molecule has 0 radical (unpaired) electrons. The molecule has 0 spiro atoms. The summed E-state index contributed by atoms with van der Waals surface area (Å²) in [5.74, 6) is 8.38. The number of aliphatic hydroxyl groups excluding tert-OH is 1. The van der Waals surface area contributed by atoms with E-state index in [1.807, 2.05) is 6.92 Å². The summed E-state index contributed by atoms with van der Waals surface area (Å²) in [6.07, 6.45) is 8.93. The van der Waals surface area contributed by atoms with Gasteiger partial charge in [-0.05, 0) is 112 Å². The summed E-state index contributed by atoms with van der Waals surface area (Å²) in [5.41, 5.74) is 3.19. The molecule has 0 aliphatic heterocycles. The van der Waals surface area contributed by atoms with Crippen LogP contribution in [0.2, 0.25) is 0 Å². The fraction of sp³-hybridized carbons (Fsp3) is 0.688. The van der Waals surface area contributed by atoms with Crippen LogP contribution < -0.4 is 4.90 Å². The predicted octanol–water partition coefficient (Wildman–Crippen LogP) is 6.30. The SMILES string of the molecule is CC#C[C@]1(O)CC[C@H]2[C@@H]3CCC4=CC(O)CC[C@]4(C)[C@H]3[C@@H](c3ccc(N(C)C(C)C)cc3)C[C@@]21C. The lowest BCUT2D eigenvalue weighted by Crippen LogP contribution is -2.57. The number of hydrogen-bond acceptors (Lipinski definition) is 3. The zero-order valence-corrected chi connectivity index (χ0v) is 22.6. The molecule has 0 aromatic heterocycles. The summed E-state index contributed by atoms with van der Waals surface area (Å²) >= 11 is 0. The minimum Gasteiger partial charge on any atom is -0.389 e. The van der Waals surface area contributed by atoms with Gasteiger partial charge in [-0.15, -0.1) is 5.92 Å². The Balaban J connectivity index is 1.61. The summed E-state index contributed by atoms with van der Waals surface area (Å²) in [4.78, 5) is 2.32. The standard InChI is InChI=1S/C32H45NO2/c1-7-16-32(35)18-15-28-26-13-10-23-19-25(34)14-17-30(23,4)29(26)27(20-31(28,32)5)22-8-11-24(12-9-22)33(6)21(2)3/h8-9,11-12,19,21,25-29,34-35H,10,13-15,17-18,20H2,1-6H3/t25?,26-,27+,28-,29+,30-,31-,32-/m0/s1. The fourth-order valence-corrected chi connectivity index (χ4v) is 8.89. The number of anilines is 1. The first-order valence-electron chi connectivity index (χ1n) is 13.9. The molecule has 2 N–H and O–H groups in total. The van der Waals surface area contributed by atoms with Crippen molar-refractivity contribution in [1.82, 2.24) is 0 Å². The second kappa shape index (κ2) is 8.67. The number of aliphatic hydroxyl groups is 2. The van der Waals surface area contributed by atoms with E-state index in [0.717, 1.165) is 38.5 Å². The van der Waals surface area contributed by atoms with Gasteiger partial charge >= 0.3 is 0 Å². The van der Waals surface area contributed by atoms with E-state index in [0.29, 0.717) is 29.7 Å². The maximum Gasteiger partial charge on any atom is 0.131 e. The van der Waals surface area contributed by atoms with Gasteiger partial charge in [-0.1, -0.05) is 43.5 Å². The predicted molar refractivity (Wildman–Crippen MR) is 144 cm³/mol. The van der Waals surface area contributed by atoms with Crippen LogP contribution in [0.15, 0.2) is 35.9 Å². The molecular formula is C32H45NO2. The van der Waals surface area contributed by atoms with Crippen molar-refractivity contribution in [3.8, 4) is 11.8 Å². The number of allylic oxidation sites excluding steroid dienone is 1. The van der Waals surface area contributed by atoms with E-state index in [2.05, 4.69) is 81.8 Å². The fourth-order valence-electron chi connectivity index (χ4n) is 8.89. The smallest absolute Gasteiger partial charge is 0.131 e. The van der Waals surface area contributed by atoms with Crippen molar-refractivity contribution in [2.75, 3.05) is 11.9 Å². The Hall–Kier alpha value is -1.76. The third-order valence-corrected chi connectivity index (χ3v) is 11.0. The minimum atomic E-state index is -0.896. The number of fused-ring (bicyclic) bond motifs is 5. The molecule has 0 bridgehead atoms. The average molecular weight is 476 g/mol. The lowest BCUT2D eigenvalue weighted by molar-refractivity contribution is -0.112. The van der Waals surface area contributed by atoms with Crippen LogP contribution in [0.3, 0.4) is 0 Å². The molecule has 3 heteroatoms. The van der Waals surface area contributed by atoms with Crippen LogP contribution in [0.5, 0.6) is 0 Å². The molecule has 3 nitrogen and oxygen atoms in total. The molecule has 1 aromatic rings. The van der Waals surface area contributed by atoms with Crippen LogP contribution >= 0.6 is 0 Å². The van der Waals surface area contributed by atoms with Gasteiger partial charge in [0, 0.05) is 24.2 Å². The van der Waals surface area contributed by atoms with Crippen molar-refractivity contribution in [1.29, 1.82) is 0 Å². The zero-order chi connectivity index (χ0) is 25.2. The normalized spacial score (nSPS) is 42.3. The zero-order valence-electron chi connectivity index (χ0n) is 22.6. The quantitative estimate of drug-likeness (QED) is 0.398. The van der Waals surface area contributed by atoms with E-state index in [1.54, 1.807) is 0 Å². The van der Waals surface area contributed by atoms with Gasteiger partial charge in [-0.25, -0.2) is 0 Å². The second-order valence-electron chi connectivity index (χ2n) is 12.8. The molecule has 4 aliphatic rings. The highest BCUT2D eigenvalue weighted by molar-refractivity contribution is 5.49. The van der Waals surface area contributed by atoms with Gasteiger partial charge in [-0.2, -0.15) is 0 Å². The summed E-state index contributed by atoms with van der Waals surface area (Å²) in [5, 5.41) is 22.3. The first-order valence-corrected chi connectivity index (χ1v) is 13.9. The third kappa shape index (κ3) is 3.70. The molecule has 8 atom stereocenters. The Morgan fingerprint density at radius 3 is 2.43 bits per heavy atom. The molecule has 1 unspecified atom stereocenters. The first kappa shape index (κ1) is 24.9. The van der Waals surface area contributed by atoms with E-state index in [9.17, 15) is 10.2 Å². The monoisotopic (exact) mass is 475 g/mol. The van der Waals surface area contributed by atoms with E-state index in [4.69, 9.17) is 0 Å². The highest BCUT2D eigenvalue weighted by Crippen LogP contribution is 2.70. The van der Waals surface area contributed by atoms with E-state index < -0.39 is 5.60 Å². The van der Waals surface area contributed by atoms with Crippen molar-refractivity contribution in [2.45, 2.75) is 103 Å². The van der Waals surface area contributed by atoms with Gasteiger partial charge in [0.2, 0.25) is 0 Å². The maximum absolute atomic E-state index is 11.9. The molecule has 4 aliphatic carbocycles. The van der Waals surface area contributed by atoms with Crippen LogP contribution in [-0.2, 0) is 0 Å². The number of nitrogens with zero attached hydrogens (tertiary/aromatic N) is 1. The highest BCUT2D eigenvalue weighted by atomic mass is 16.3. The number of hydrogen-bond donors (Lipinski definition) is 2. The molecule has 0 saturated heterocycles. The van der Waals surface area contributed by atoms with Crippen LogP contribution in [0, 0.1) is 40.4 Å². The topological polar surface area (TPSA) is 43.7 Å². The van der Waals surface area contributed by atoms with Gasteiger partial charge in [-0.3, -0.25) is 0 Å². The Kier molecular flexibility index (Phi) is 6.17. The van der Waals surface area contributed by atoms with Gasteiger partial charge in [0.25, 0.3) is 0 Å². The van der Waals surface area contributed by atoms with E-state index >= 15 is 0 Å². The third-order valence-electron chi connectivity index (χ3n) is 11.0. The Morgan fingerprint density at radius 2 is 1.77 bits per heavy atom. The molecule has 0 heterocycles. The van der Waals surface area contributed by atoms with Gasteiger partial charge in [0.1, 0.15) is 5.60 Å². The molecule has 0 amide bonds. The lowest BCUT2D eigenvalue weighted by Gasteiger charge is -2.62. The van der Waals surface area contributed by atoms with Crippen molar-refractivity contribution in [2.24, 2.45) is 28.6 Å². The summed E-state index contributed by atoms with van der Waals surface area (Å²) < 4.78 is 0. The van der Waals surface area contributed by atoms with Crippen molar-refractivity contribution >= 4 is 5.69 Å². The van der Waals surface area contributed by atoms with Gasteiger partial charge in [0.15, 0.2) is 0 Å². The summed E-state index contributed by atoms with van der Waals surface area (Å²) in [6.45, 7) is 11.2. The first-order chi connectivity index (χ1) is 16.5. The van der Waals surface area contributed by atoms with Crippen molar-refractivity contribution < 1.29 is 10.2 Å². The molecule has 5 rings (SSSR count). The molecule has 3 saturated carbocycles. The number of rotatable bonds is 3. The van der Waals surface area contributed by atoms with Crippen molar-refractivity contribution in [3.05, 3.63) is 41.5 Å². The Bertz CT molecular complexity index is 1050. The Morgan fingerprint density at radius 1 is 1.06 bits per heavy atom. The Labute approximate surface area is 213 Å². The summed E-state index contributed by atoms with van der Waals surface area (Å²) in [6, 6.07) is 9.76. The number of benzene rings is 1. The minimum absolute atomic E-state index is 0.124. The van der Waals surface area contributed by atoms with Gasteiger partial charge in [0.05, 0.1) is 6.10 Å². The molecular weight excluding hydrogens is 430 g/mol. The van der Waals surface area contributed by atoms with Crippen LogP contribution in [0.4, 0.5) is 5.69 Å². The van der Waals surface area contributed by atoms with Crippen molar-refractivity contribution in [3.63, 3.8) is 0 Å². The largest absolute Gasteiger partial charge is 0.389 e. The summed E-state index contributed by atoms with van der Waals surface area (Å²) in [7, 11) is 2.16. The van der Waals surface area contributed by atoms with Crippen LogP contribution in [0.1, 0.15) is 91.0 Å². The van der Waals surface area contributed by atoms with E-state index in [-0.39, 0.29) is 16.9 Å². The molecule has 190 valence electrons. The lowest BCUT2D eigenvalue weighted by atomic mass is 9.43. The van der Waals surface area contributed by atoms with Crippen LogP contribution in [-0.4, -0.2) is 35.0 Å². The highest BCUT2D eigenvalue weighted by Gasteiger charge is 2.66. The molecule has 1 aromatic carbocycles. The second-order valence-corrected chi connectivity index (χ2v) is 12.8. The van der Waals surface area contributed by atoms with E-state index in [1.165, 1.54) is 23.2 Å². The molecule has 3 fully saturated rings. The van der Waals surface area contributed by atoms with Gasteiger partial charge < -0.3 is 15.1 Å². The average Bonchev–Trinajstić information content (AvgIpc) is 3.09. The molecule has 35 heavy (non-hydrogen) atoms. The maximum atomic E-state index is 11.9.